The molecule has 0 atom stereocenters. The van der Waals surface area contributed by atoms with Crippen LogP contribution in [0.1, 0.15) is 25.3 Å². The summed E-state index contributed by atoms with van der Waals surface area (Å²) in [6, 6.07) is 8.30. The summed E-state index contributed by atoms with van der Waals surface area (Å²) in [5, 5.41) is 7.00. The van der Waals surface area contributed by atoms with E-state index >= 15 is 0 Å². The first-order valence-corrected chi connectivity index (χ1v) is 6.80. The summed E-state index contributed by atoms with van der Waals surface area (Å²) in [7, 11) is 1.68. The van der Waals surface area contributed by atoms with Crippen molar-refractivity contribution in [3.63, 3.8) is 0 Å². The van der Waals surface area contributed by atoms with Crippen LogP contribution >= 0.6 is 12.2 Å². The van der Waals surface area contributed by atoms with E-state index in [1.54, 1.807) is 7.11 Å². The molecule has 0 fully saturated rings. The molecule has 2 N–H and O–H groups in total. The fraction of sp³-hybridized carbons (Fsp3) is 0.500. The third kappa shape index (κ3) is 5.47. The maximum absolute atomic E-state index is 5.24. The van der Waals surface area contributed by atoms with Crippen molar-refractivity contribution in [3.8, 4) is 0 Å². The molecule has 4 heteroatoms. The molecular formula is C14H22N2OS. The predicted molar refractivity (Wildman–Crippen MR) is 81.2 cm³/mol. The summed E-state index contributed by atoms with van der Waals surface area (Å²) in [6.45, 7) is 3.58. The van der Waals surface area contributed by atoms with Crippen molar-refractivity contribution in [3.05, 3.63) is 29.8 Å². The lowest BCUT2D eigenvalue weighted by Crippen LogP contribution is -2.31. The summed E-state index contributed by atoms with van der Waals surface area (Å²) < 4.78 is 4.97. The molecule has 18 heavy (non-hydrogen) atoms. The lowest BCUT2D eigenvalue weighted by Gasteiger charge is -2.13. The number of para-hydroxylation sites is 1. The first-order valence-electron chi connectivity index (χ1n) is 6.39. The molecule has 0 aliphatic rings. The molecule has 1 aromatic carbocycles. The summed E-state index contributed by atoms with van der Waals surface area (Å²) in [5.41, 5.74) is 2.41. The molecule has 0 amide bonds. The van der Waals surface area contributed by atoms with Gasteiger partial charge in [-0.15, -0.1) is 0 Å². The zero-order valence-electron chi connectivity index (χ0n) is 11.2. The van der Waals surface area contributed by atoms with E-state index in [1.807, 2.05) is 6.07 Å². The minimum absolute atomic E-state index is 0.649. The quantitative estimate of drug-likeness (QED) is 0.587. The number of nitrogens with one attached hydrogen (secondary N) is 2. The standard InChI is InChI=1S/C14H22N2OS/c1-3-4-7-12-8-5-6-9-13(12)16-14(18)15-10-11-17-2/h5-6,8-9H,3-4,7,10-11H2,1-2H3,(H2,15,16,18). The Balaban J connectivity index is 2.51. The van der Waals surface area contributed by atoms with Crippen molar-refractivity contribution in [1.82, 2.24) is 5.32 Å². The Kier molecular flexibility index (Phi) is 7.37. The van der Waals surface area contributed by atoms with Gasteiger partial charge < -0.3 is 15.4 Å². The van der Waals surface area contributed by atoms with E-state index in [2.05, 4.69) is 35.8 Å². The molecule has 0 aliphatic heterocycles. The Labute approximate surface area is 115 Å². The molecule has 0 saturated carbocycles. The Morgan fingerprint density at radius 1 is 1.33 bits per heavy atom. The second-order valence-electron chi connectivity index (χ2n) is 4.13. The van der Waals surface area contributed by atoms with Crippen LogP contribution in [0.5, 0.6) is 0 Å². The van der Waals surface area contributed by atoms with E-state index in [0.717, 1.165) is 18.7 Å². The van der Waals surface area contributed by atoms with E-state index in [-0.39, 0.29) is 0 Å². The number of ether oxygens (including phenoxy) is 1. The average Bonchev–Trinajstić information content (AvgIpc) is 2.38. The first-order chi connectivity index (χ1) is 8.77. The van der Waals surface area contributed by atoms with Crippen molar-refractivity contribution >= 4 is 23.0 Å². The fourth-order valence-corrected chi connectivity index (χ4v) is 1.87. The zero-order valence-corrected chi connectivity index (χ0v) is 12.0. The third-order valence-corrected chi connectivity index (χ3v) is 2.90. The van der Waals surface area contributed by atoms with Gasteiger partial charge in [-0.05, 0) is 36.7 Å². The molecule has 0 spiro atoms. The van der Waals surface area contributed by atoms with Crippen molar-refractivity contribution < 1.29 is 4.74 Å². The summed E-state index contributed by atoms with van der Waals surface area (Å²) in [5.74, 6) is 0. The molecule has 0 unspecified atom stereocenters. The Morgan fingerprint density at radius 2 is 2.11 bits per heavy atom. The van der Waals surface area contributed by atoms with Gasteiger partial charge in [-0.25, -0.2) is 0 Å². The first kappa shape index (κ1) is 14.9. The van der Waals surface area contributed by atoms with Gasteiger partial charge in [0, 0.05) is 19.3 Å². The van der Waals surface area contributed by atoms with Crippen LogP contribution in [0.25, 0.3) is 0 Å². The number of methoxy groups -OCH3 is 1. The number of rotatable bonds is 7. The smallest absolute Gasteiger partial charge is 0.170 e. The SMILES string of the molecule is CCCCc1ccccc1NC(=S)NCCOC. The number of hydrogen-bond donors (Lipinski definition) is 2. The van der Waals surface area contributed by atoms with Crippen molar-refractivity contribution in [2.24, 2.45) is 0 Å². The number of hydrogen-bond acceptors (Lipinski definition) is 2. The molecule has 0 saturated heterocycles. The highest BCUT2D eigenvalue weighted by molar-refractivity contribution is 7.80. The van der Waals surface area contributed by atoms with Crippen LogP contribution in [-0.4, -0.2) is 25.4 Å². The second kappa shape index (κ2) is 8.89. The number of unbranched alkanes of at least 4 members (excludes halogenated alkanes) is 1. The van der Waals surface area contributed by atoms with Crippen LogP contribution in [0.15, 0.2) is 24.3 Å². The van der Waals surface area contributed by atoms with Gasteiger partial charge in [0.1, 0.15) is 0 Å². The lowest BCUT2D eigenvalue weighted by atomic mass is 10.1. The van der Waals surface area contributed by atoms with Gasteiger partial charge >= 0.3 is 0 Å². The monoisotopic (exact) mass is 266 g/mol. The van der Waals surface area contributed by atoms with Crippen molar-refractivity contribution in [2.45, 2.75) is 26.2 Å². The normalized spacial score (nSPS) is 10.1. The average molecular weight is 266 g/mol. The topological polar surface area (TPSA) is 33.3 Å². The van der Waals surface area contributed by atoms with Crippen LogP contribution in [0.3, 0.4) is 0 Å². The van der Waals surface area contributed by atoms with Crippen molar-refractivity contribution in [1.29, 1.82) is 0 Å². The van der Waals surface area contributed by atoms with Crippen LogP contribution in [0.2, 0.25) is 0 Å². The summed E-state index contributed by atoms with van der Waals surface area (Å²) >= 11 is 5.24. The maximum atomic E-state index is 5.24. The number of aryl methyl sites for hydroxylation is 1. The lowest BCUT2D eigenvalue weighted by molar-refractivity contribution is 0.204. The van der Waals surface area contributed by atoms with E-state index < -0.39 is 0 Å². The van der Waals surface area contributed by atoms with Gasteiger partial charge in [-0.1, -0.05) is 31.5 Å². The van der Waals surface area contributed by atoms with Gasteiger partial charge in [0.2, 0.25) is 0 Å². The van der Waals surface area contributed by atoms with E-state index in [4.69, 9.17) is 17.0 Å². The minimum atomic E-state index is 0.649. The van der Waals surface area contributed by atoms with Gasteiger partial charge in [0.15, 0.2) is 5.11 Å². The Morgan fingerprint density at radius 3 is 2.83 bits per heavy atom. The number of benzene rings is 1. The van der Waals surface area contributed by atoms with E-state index in [1.165, 1.54) is 18.4 Å². The molecule has 0 radical (unpaired) electrons. The maximum Gasteiger partial charge on any atom is 0.170 e. The van der Waals surface area contributed by atoms with Crippen LogP contribution in [0.4, 0.5) is 5.69 Å². The van der Waals surface area contributed by atoms with Crippen molar-refractivity contribution in [2.75, 3.05) is 25.6 Å². The zero-order chi connectivity index (χ0) is 13.2. The molecule has 0 aromatic heterocycles. The van der Waals surface area contributed by atoms with E-state index in [9.17, 15) is 0 Å². The van der Waals surface area contributed by atoms with Gasteiger partial charge in [-0.2, -0.15) is 0 Å². The molecule has 0 bridgehead atoms. The summed E-state index contributed by atoms with van der Waals surface area (Å²) in [6.07, 6.45) is 3.48. The largest absolute Gasteiger partial charge is 0.383 e. The molecule has 3 nitrogen and oxygen atoms in total. The Bertz CT molecular complexity index is 369. The van der Waals surface area contributed by atoms with Crippen LogP contribution < -0.4 is 10.6 Å². The van der Waals surface area contributed by atoms with Gasteiger partial charge in [0.25, 0.3) is 0 Å². The number of thiocarbonyl (C=S) groups is 1. The van der Waals surface area contributed by atoms with Crippen LogP contribution in [-0.2, 0) is 11.2 Å². The minimum Gasteiger partial charge on any atom is -0.383 e. The van der Waals surface area contributed by atoms with Gasteiger partial charge in [0.05, 0.1) is 6.61 Å². The highest BCUT2D eigenvalue weighted by Gasteiger charge is 2.02. The second-order valence-corrected chi connectivity index (χ2v) is 4.54. The third-order valence-electron chi connectivity index (χ3n) is 2.66. The molecule has 100 valence electrons. The number of anilines is 1. The molecular weight excluding hydrogens is 244 g/mol. The molecule has 0 heterocycles. The molecule has 0 aliphatic carbocycles. The molecule has 1 aromatic rings. The summed E-state index contributed by atoms with van der Waals surface area (Å²) in [4.78, 5) is 0. The van der Waals surface area contributed by atoms with Crippen LogP contribution in [0, 0.1) is 0 Å². The molecule has 1 rings (SSSR count). The fourth-order valence-electron chi connectivity index (χ4n) is 1.66. The van der Waals surface area contributed by atoms with E-state index in [0.29, 0.717) is 11.7 Å². The van der Waals surface area contributed by atoms with Gasteiger partial charge in [-0.3, -0.25) is 0 Å². The Hall–Kier alpha value is -1.13. The highest BCUT2D eigenvalue weighted by Crippen LogP contribution is 2.17. The highest BCUT2D eigenvalue weighted by atomic mass is 32.1. The predicted octanol–water partition coefficient (Wildman–Crippen LogP) is 2.96.